The molecule has 32 heavy (non-hydrogen) atoms. The molecule has 9 atom stereocenters. The number of carbonyl (C=O) groups excluding carboxylic acids is 1. The van der Waals surface area contributed by atoms with E-state index in [1.54, 1.807) is 6.08 Å². The Morgan fingerprint density at radius 3 is 2.31 bits per heavy atom. The van der Waals surface area contributed by atoms with Crippen molar-refractivity contribution in [3.05, 3.63) is 23.8 Å². The van der Waals surface area contributed by atoms with E-state index in [0.717, 1.165) is 24.8 Å². The van der Waals surface area contributed by atoms with Crippen molar-refractivity contribution in [1.29, 1.82) is 0 Å². The van der Waals surface area contributed by atoms with Crippen LogP contribution in [-0.2, 0) is 4.79 Å². The van der Waals surface area contributed by atoms with E-state index in [2.05, 4.69) is 46.8 Å². The molecule has 0 spiro atoms. The van der Waals surface area contributed by atoms with Crippen LogP contribution in [0.15, 0.2) is 23.8 Å². The molecular weight excluding hydrogens is 400 g/mol. The fourth-order valence-electron chi connectivity index (χ4n) is 7.91. The van der Waals surface area contributed by atoms with Gasteiger partial charge in [0.2, 0.25) is 0 Å². The van der Waals surface area contributed by atoms with Crippen molar-refractivity contribution in [2.45, 2.75) is 104 Å². The van der Waals surface area contributed by atoms with E-state index in [1.807, 2.05) is 6.92 Å². The van der Waals surface area contributed by atoms with Gasteiger partial charge in [0, 0.05) is 11.8 Å². The summed E-state index contributed by atoms with van der Waals surface area (Å²) in [4.78, 5) is 13.3. The van der Waals surface area contributed by atoms with E-state index in [4.69, 9.17) is 0 Å². The minimum absolute atomic E-state index is 0.0227. The van der Waals surface area contributed by atoms with Crippen LogP contribution in [0, 0.1) is 40.4 Å². The number of fused-ring (bicyclic) bond motifs is 5. The molecule has 4 aliphatic rings. The number of rotatable bonds is 4. The summed E-state index contributed by atoms with van der Waals surface area (Å²) in [5, 5.41) is 33.9. The van der Waals surface area contributed by atoms with Crippen LogP contribution in [0.25, 0.3) is 0 Å². The third kappa shape index (κ3) is 3.15. The number of hydrogen-bond acceptors (Lipinski definition) is 4. The van der Waals surface area contributed by atoms with Crippen LogP contribution in [0.5, 0.6) is 0 Å². The second-order valence-corrected chi connectivity index (χ2v) is 12.5. The second kappa shape index (κ2) is 7.78. The van der Waals surface area contributed by atoms with Gasteiger partial charge in [-0.05, 0) is 85.2 Å². The van der Waals surface area contributed by atoms with Crippen LogP contribution in [0.3, 0.4) is 0 Å². The summed E-state index contributed by atoms with van der Waals surface area (Å²) < 4.78 is 0. The zero-order chi connectivity index (χ0) is 23.7. The Balaban J connectivity index is 1.67. The monoisotopic (exact) mass is 444 g/mol. The van der Waals surface area contributed by atoms with Crippen molar-refractivity contribution in [1.82, 2.24) is 0 Å². The van der Waals surface area contributed by atoms with Crippen LogP contribution in [0.4, 0.5) is 0 Å². The van der Waals surface area contributed by atoms with Gasteiger partial charge in [0.25, 0.3) is 0 Å². The third-order valence-electron chi connectivity index (χ3n) is 10.7. The lowest BCUT2D eigenvalue weighted by Gasteiger charge is -2.63. The smallest absolute Gasteiger partial charge is 0.188 e. The zero-order valence-corrected chi connectivity index (χ0v) is 20.9. The Labute approximate surface area is 194 Å². The normalized spacial score (nSPS) is 48.2. The number of hydrogen-bond donors (Lipinski definition) is 3. The van der Waals surface area contributed by atoms with Crippen molar-refractivity contribution < 1.29 is 20.1 Å². The fraction of sp³-hybridized carbons (Fsp3) is 0.821. The number of allylic oxidation sites excluding steroid dienone is 2. The Kier molecular flexibility index (Phi) is 5.88. The van der Waals surface area contributed by atoms with E-state index >= 15 is 0 Å². The molecular formula is C28H44O4. The summed E-state index contributed by atoms with van der Waals surface area (Å²) in [6, 6.07) is 0. The van der Waals surface area contributed by atoms with E-state index in [1.165, 1.54) is 0 Å². The van der Waals surface area contributed by atoms with Gasteiger partial charge >= 0.3 is 0 Å². The number of carbonyl (C=O) groups is 1. The zero-order valence-electron chi connectivity index (χ0n) is 20.9. The van der Waals surface area contributed by atoms with Crippen LogP contribution in [-0.4, -0.2) is 38.4 Å². The molecule has 0 amide bonds. The van der Waals surface area contributed by atoms with E-state index in [0.29, 0.717) is 42.9 Å². The van der Waals surface area contributed by atoms with Crippen molar-refractivity contribution >= 4 is 5.78 Å². The van der Waals surface area contributed by atoms with Crippen LogP contribution in [0.1, 0.15) is 86.5 Å². The molecule has 0 heterocycles. The minimum Gasteiger partial charge on any atom is -0.393 e. The molecule has 3 fully saturated rings. The Bertz CT molecular complexity index is 829. The molecule has 4 aliphatic carbocycles. The molecule has 0 bridgehead atoms. The summed E-state index contributed by atoms with van der Waals surface area (Å²) in [6.45, 7) is 13.4. The molecule has 0 aliphatic heterocycles. The van der Waals surface area contributed by atoms with Gasteiger partial charge in [0.05, 0.1) is 11.7 Å². The average Bonchev–Trinajstić information content (AvgIpc) is 3.07. The lowest BCUT2D eigenvalue weighted by molar-refractivity contribution is -0.223. The summed E-state index contributed by atoms with van der Waals surface area (Å²) in [5.41, 5.74) is -2.90. The SMILES string of the molecule is CC(C)C(C)C=CC(C)C1CCC2C3=CC(=O)C4(O)CC(O)CCC4(C)C3(O)CCC21C. The van der Waals surface area contributed by atoms with Crippen molar-refractivity contribution in [2.24, 2.45) is 40.4 Å². The lowest BCUT2D eigenvalue weighted by Crippen LogP contribution is -2.71. The standard InChI is InChI=1S/C28H44O4/c1-17(2)18(3)7-8-19(4)21-9-10-22-23-15-24(30)28(32)16-20(29)11-12-26(28,6)27(23,31)14-13-25(21,22)5/h7-8,15,17-22,29,31-32H,9-14,16H2,1-6H3. The number of aliphatic hydroxyl groups is 3. The lowest BCUT2D eigenvalue weighted by atomic mass is 9.43. The highest BCUT2D eigenvalue weighted by Crippen LogP contribution is 2.68. The molecule has 4 nitrogen and oxygen atoms in total. The molecule has 3 saturated carbocycles. The van der Waals surface area contributed by atoms with E-state index in [9.17, 15) is 20.1 Å². The Hall–Kier alpha value is -0.970. The number of aliphatic hydroxyl groups excluding tert-OH is 1. The van der Waals surface area contributed by atoms with Crippen LogP contribution < -0.4 is 0 Å². The van der Waals surface area contributed by atoms with Gasteiger partial charge in [0.1, 0.15) is 5.60 Å². The first kappa shape index (κ1) is 24.2. The van der Waals surface area contributed by atoms with Gasteiger partial charge in [-0.3, -0.25) is 4.79 Å². The van der Waals surface area contributed by atoms with Gasteiger partial charge in [-0.25, -0.2) is 0 Å². The highest BCUT2D eigenvalue weighted by Gasteiger charge is 2.71. The quantitative estimate of drug-likeness (QED) is 0.543. The maximum Gasteiger partial charge on any atom is 0.188 e. The predicted molar refractivity (Wildman–Crippen MR) is 127 cm³/mol. The topological polar surface area (TPSA) is 77.8 Å². The number of ketones is 1. The largest absolute Gasteiger partial charge is 0.393 e. The molecule has 3 N–H and O–H groups in total. The highest BCUT2D eigenvalue weighted by molar-refractivity contribution is 6.00. The summed E-state index contributed by atoms with van der Waals surface area (Å²) in [5.74, 6) is 2.01. The summed E-state index contributed by atoms with van der Waals surface area (Å²) in [7, 11) is 0. The molecule has 4 rings (SSSR count). The Morgan fingerprint density at radius 2 is 1.66 bits per heavy atom. The summed E-state index contributed by atoms with van der Waals surface area (Å²) in [6.07, 6.45) is 10.2. The highest BCUT2D eigenvalue weighted by atomic mass is 16.3. The first-order valence-electron chi connectivity index (χ1n) is 12.9. The fourth-order valence-corrected chi connectivity index (χ4v) is 7.91. The Morgan fingerprint density at radius 1 is 0.969 bits per heavy atom. The average molecular weight is 445 g/mol. The minimum atomic E-state index is -1.68. The van der Waals surface area contributed by atoms with E-state index < -0.39 is 22.7 Å². The molecule has 0 radical (unpaired) electrons. The van der Waals surface area contributed by atoms with Crippen LogP contribution in [0.2, 0.25) is 0 Å². The molecule has 0 aromatic carbocycles. The van der Waals surface area contributed by atoms with Crippen molar-refractivity contribution in [3.8, 4) is 0 Å². The van der Waals surface area contributed by atoms with Gasteiger partial charge < -0.3 is 15.3 Å². The first-order valence-corrected chi connectivity index (χ1v) is 12.9. The van der Waals surface area contributed by atoms with Gasteiger partial charge in [-0.1, -0.05) is 53.7 Å². The van der Waals surface area contributed by atoms with Gasteiger partial charge in [-0.15, -0.1) is 0 Å². The van der Waals surface area contributed by atoms with Crippen LogP contribution >= 0.6 is 0 Å². The third-order valence-corrected chi connectivity index (χ3v) is 10.7. The maximum absolute atomic E-state index is 13.3. The summed E-state index contributed by atoms with van der Waals surface area (Å²) >= 11 is 0. The second-order valence-electron chi connectivity index (χ2n) is 12.5. The van der Waals surface area contributed by atoms with E-state index in [-0.39, 0.29) is 23.5 Å². The molecule has 0 aromatic rings. The first-order chi connectivity index (χ1) is 14.8. The molecule has 0 saturated heterocycles. The van der Waals surface area contributed by atoms with Crippen molar-refractivity contribution in [2.75, 3.05) is 0 Å². The maximum atomic E-state index is 13.3. The molecule has 0 aromatic heterocycles. The predicted octanol–water partition coefficient (Wildman–Crippen LogP) is 4.82. The van der Waals surface area contributed by atoms with Gasteiger partial charge in [0.15, 0.2) is 5.78 Å². The van der Waals surface area contributed by atoms with Gasteiger partial charge in [-0.2, -0.15) is 0 Å². The molecule has 9 unspecified atom stereocenters. The molecule has 180 valence electrons. The van der Waals surface area contributed by atoms with Crippen molar-refractivity contribution in [3.63, 3.8) is 0 Å². The molecule has 4 heteroatoms.